The van der Waals surface area contributed by atoms with E-state index in [1.165, 1.54) is 0 Å². The lowest BCUT2D eigenvalue weighted by Gasteiger charge is -2.27. The number of para-hydroxylation sites is 1. The van der Waals surface area contributed by atoms with E-state index in [4.69, 9.17) is 21.1 Å². The Morgan fingerprint density at radius 2 is 2.00 bits per heavy atom. The molecule has 5 nitrogen and oxygen atoms in total. The van der Waals surface area contributed by atoms with Gasteiger partial charge in [-0.1, -0.05) is 73.1 Å². The van der Waals surface area contributed by atoms with Gasteiger partial charge in [0.1, 0.15) is 5.75 Å². The van der Waals surface area contributed by atoms with E-state index in [0.717, 1.165) is 71.7 Å². The largest absolute Gasteiger partial charge is 0.495 e. The highest BCUT2D eigenvalue weighted by Gasteiger charge is 2.19. The molecule has 2 aromatic carbocycles. The van der Waals surface area contributed by atoms with Crippen LogP contribution in [0.3, 0.4) is 0 Å². The summed E-state index contributed by atoms with van der Waals surface area (Å²) in [5.41, 5.74) is 2.75. The van der Waals surface area contributed by atoms with E-state index in [1.54, 1.807) is 7.11 Å². The van der Waals surface area contributed by atoms with Crippen molar-refractivity contribution in [3.8, 4) is 5.75 Å². The topological polar surface area (TPSA) is 43.7 Å². The Bertz CT molecular complexity index is 1250. The molecule has 6 heteroatoms. The fraction of sp³-hybridized carbons (Fsp3) is 0.387. The molecule has 37 heavy (non-hydrogen) atoms. The van der Waals surface area contributed by atoms with Crippen LogP contribution >= 0.6 is 11.6 Å². The number of likely N-dealkylation sites (N-methyl/N-ethyl adjacent to an activating group) is 1. The van der Waals surface area contributed by atoms with Gasteiger partial charge in [-0.05, 0) is 50.6 Å². The first-order valence-electron chi connectivity index (χ1n) is 13.1. The lowest BCUT2D eigenvalue weighted by atomic mass is 10.0. The van der Waals surface area contributed by atoms with Gasteiger partial charge in [0.15, 0.2) is 5.78 Å². The molecule has 3 aromatic rings. The Hall–Kier alpha value is -2.86. The van der Waals surface area contributed by atoms with Crippen molar-refractivity contribution in [1.29, 1.82) is 0 Å². The number of hydrogen-bond donors (Lipinski definition) is 0. The standard InChI is InChI=1S/C31H37ClN2O3/c1-4-25(37-26-16-14-24(32)15-17-26)21-33(2)18-9-19-34-22-28(27-12-8-13-30(36-3)31(27)34)29(35)20-23-10-6-5-7-11-23/h5-8,10-16,22,25-26H,4,9,17-21H2,1-3H3. The fourth-order valence-electron chi connectivity index (χ4n) is 4.91. The molecule has 0 saturated heterocycles. The molecule has 196 valence electrons. The highest BCUT2D eigenvalue weighted by atomic mass is 35.5. The zero-order valence-corrected chi connectivity index (χ0v) is 22.8. The van der Waals surface area contributed by atoms with Crippen LogP contribution < -0.4 is 4.74 Å². The molecular weight excluding hydrogens is 484 g/mol. The molecule has 0 amide bonds. The SMILES string of the molecule is CCC(CN(C)CCCn1cc(C(=O)Cc2ccccc2)c2cccc(OC)c21)OC1C=CC(Cl)=CC1. The van der Waals surface area contributed by atoms with Gasteiger partial charge in [0.2, 0.25) is 0 Å². The van der Waals surface area contributed by atoms with Crippen LogP contribution in [-0.4, -0.2) is 54.7 Å². The van der Waals surface area contributed by atoms with Gasteiger partial charge in [0.25, 0.3) is 0 Å². The van der Waals surface area contributed by atoms with Crippen LogP contribution in [0, 0.1) is 0 Å². The molecular formula is C31H37ClN2O3. The molecule has 0 saturated carbocycles. The number of nitrogens with zero attached hydrogens (tertiary/aromatic N) is 2. The second kappa shape index (κ2) is 13.1. The smallest absolute Gasteiger partial charge is 0.169 e. The van der Waals surface area contributed by atoms with E-state index in [0.29, 0.717) is 6.42 Å². The van der Waals surface area contributed by atoms with Crippen LogP contribution in [-0.2, 0) is 17.7 Å². The molecule has 0 aliphatic heterocycles. The summed E-state index contributed by atoms with van der Waals surface area (Å²) in [4.78, 5) is 15.6. The molecule has 2 unspecified atom stereocenters. The summed E-state index contributed by atoms with van der Waals surface area (Å²) in [5, 5.41) is 1.73. The van der Waals surface area contributed by atoms with Crippen LogP contribution in [0.2, 0.25) is 0 Å². The number of benzene rings is 2. The molecule has 0 N–H and O–H groups in total. The lowest BCUT2D eigenvalue weighted by Crippen LogP contribution is -2.34. The summed E-state index contributed by atoms with van der Waals surface area (Å²) < 4.78 is 14.2. The van der Waals surface area contributed by atoms with Crippen molar-refractivity contribution in [2.75, 3.05) is 27.2 Å². The van der Waals surface area contributed by atoms with Crippen molar-refractivity contribution in [2.45, 2.75) is 51.4 Å². The fourth-order valence-corrected chi connectivity index (χ4v) is 5.07. The normalized spacial score (nSPS) is 16.2. The van der Waals surface area contributed by atoms with Gasteiger partial charge in [-0.15, -0.1) is 0 Å². The molecule has 0 bridgehead atoms. The third kappa shape index (κ3) is 7.13. The van der Waals surface area contributed by atoms with Crippen molar-refractivity contribution < 1.29 is 14.3 Å². The number of rotatable bonds is 13. The number of Topliss-reactive ketones (excluding diaryl/α,β-unsaturated/α-hetero) is 1. The number of carbonyl (C=O) groups excluding carboxylic acids is 1. The summed E-state index contributed by atoms with van der Waals surface area (Å²) in [6, 6.07) is 15.8. The Morgan fingerprint density at radius 1 is 1.19 bits per heavy atom. The molecule has 1 aliphatic carbocycles. The molecule has 0 spiro atoms. The van der Waals surface area contributed by atoms with E-state index >= 15 is 0 Å². The van der Waals surface area contributed by atoms with E-state index in [9.17, 15) is 4.79 Å². The maximum atomic E-state index is 13.3. The van der Waals surface area contributed by atoms with Crippen LogP contribution in [0.15, 0.2) is 78.0 Å². The van der Waals surface area contributed by atoms with Gasteiger partial charge >= 0.3 is 0 Å². The third-order valence-electron chi connectivity index (χ3n) is 6.88. The first kappa shape index (κ1) is 27.2. The van der Waals surface area contributed by atoms with Crippen LogP contribution in [0.25, 0.3) is 10.9 Å². The van der Waals surface area contributed by atoms with E-state index in [2.05, 4.69) is 23.4 Å². The zero-order valence-electron chi connectivity index (χ0n) is 22.0. The van der Waals surface area contributed by atoms with Gasteiger partial charge < -0.3 is 18.9 Å². The second-order valence-corrected chi connectivity index (χ2v) is 10.1. The first-order valence-corrected chi connectivity index (χ1v) is 13.5. The van der Waals surface area contributed by atoms with Crippen molar-refractivity contribution in [3.05, 3.63) is 89.1 Å². The monoisotopic (exact) mass is 520 g/mol. The number of carbonyl (C=O) groups is 1. The predicted octanol–water partition coefficient (Wildman–Crippen LogP) is 6.64. The summed E-state index contributed by atoms with van der Waals surface area (Å²) in [7, 11) is 3.82. The molecule has 1 aliphatic rings. The van der Waals surface area contributed by atoms with Crippen LogP contribution in [0.4, 0.5) is 0 Å². The Balaban J connectivity index is 1.40. The molecule has 0 fully saturated rings. The van der Waals surface area contributed by atoms with Gasteiger partial charge in [0.05, 0.1) is 24.8 Å². The minimum absolute atomic E-state index is 0.0893. The number of ether oxygens (including phenoxy) is 2. The number of fused-ring (bicyclic) bond motifs is 1. The molecule has 2 atom stereocenters. The average Bonchev–Trinajstić information content (AvgIpc) is 3.29. The predicted molar refractivity (Wildman–Crippen MR) is 152 cm³/mol. The van der Waals surface area contributed by atoms with E-state index < -0.39 is 0 Å². The molecule has 1 heterocycles. The Morgan fingerprint density at radius 3 is 2.70 bits per heavy atom. The Labute approximate surface area is 225 Å². The minimum Gasteiger partial charge on any atom is -0.495 e. The number of aromatic nitrogens is 1. The van der Waals surface area contributed by atoms with Crippen molar-refractivity contribution in [2.24, 2.45) is 0 Å². The third-order valence-corrected chi connectivity index (χ3v) is 7.16. The maximum Gasteiger partial charge on any atom is 0.169 e. The summed E-state index contributed by atoms with van der Waals surface area (Å²) >= 11 is 6.04. The van der Waals surface area contributed by atoms with Gasteiger partial charge in [-0.25, -0.2) is 0 Å². The number of aryl methyl sites for hydroxylation is 1. The quantitative estimate of drug-likeness (QED) is 0.237. The molecule has 0 radical (unpaired) electrons. The highest BCUT2D eigenvalue weighted by Crippen LogP contribution is 2.31. The van der Waals surface area contributed by atoms with Gasteiger partial charge in [-0.3, -0.25) is 4.79 Å². The highest BCUT2D eigenvalue weighted by molar-refractivity contribution is 6.31. The maximum absolute atomic E-state index is 13.3. The van der Waals surface area contributed by atoms with Crippen molar-refractivity contribution in [3.63, 3.8) is 0 Å². The van der Waals surface area contributed by atoms with E-state index in [-0.39, 0.29) is 18.0 Å². The first-order chi connectivity index (χ1) is 18.0. The van der Waals surface area contributed by atoms with Gasteiger partial charge in [-0.2, -0.15) is 0 Å². The molecule has 4 rings (SSSR count). The second-order valence-electron chi connectivity index (χ2n) is 9.68. The zero-order chi connectivity index (χ0) is 26.2. The number of allylic oxidation sites excluding steroid dienone is 2. The van der Waals surface area contributed by atoms with Crippen LogP contribution in [0.1, 0.15) is 42.1 Å². The summed E-state index contributed by atoms with van der Waals surface area (Å²) in [5.74, 6) is 0.912. The van der Waals surface area contributed by atoms with Crippen molar-refractivity contribution in [1.82, 2.24) is 9.47 Å². The molecule has 1 aromatic heterocycles. The lowest BCUT2D eigenvalue weighted by molar-refractivity contribution is -0.00448. The average molecular weight is 521 g/mol. The summed E-state index contributed by atoms with van der Waals surface area (Å²) in [6.07, 6.45) is 11.3. The number of ketones is 1. The van der Waals surface area contributed by atoms with Crippen molar-refractivity contribution >= 4 is 28.3 Å². The minimum atomic E-state index is 0.0893. The van der Waals surface area contributed by atoms with E-state index in [1.807, 2.05) is 73.0 Å². The Kier molecular flexibility index (Phi) is 9.62. The van der Waals surface area contributed by atoms with Crippen LogP contribution in [0.5, 0.6) is 5.75 Å². The number of methoxy groups -OCH3 is 1. The summed E-state index contributed by atoms with van der Waals surface area (Å²) in [6.45, 7) is 4.76. The number of halogens is 1. The van der Waals surface area contributed by atoms with Gasteiger partial charge in [0, 0.05) is 41.7 Å². The number of hydrogen-bond acceptors (Lipinski definition) is 4.